The average molecular weight is 406 g/mol. The Morgan fingerprint density at radius 3 is 2.00 bits per heavy atom. The van der Waals surface area contributed by atoms with Gasteiger partial charge in [0.2, 0.25) is 6.33 Å². The molecule has 4 unspecified atom stereocenters. The summed E-state index contributed by atoms with van der Waals surface area (Å²) >= 11 is 0. The highest BCUT2D eigenvalue weighted by atomic mass is 16.5. The molecule has 0 N–H and O–H groups in total. The fraction of sp³-hybridized carbons (Fsp3) is 0.880. The third kappa shape index (κ3) is 7.40. The molecule has 3 rings (SSSR count). The molecule has 166 valence electrons. The molecule has 1 aromatic rings. The van der Waals surface area contributed by atoms with Gasteiger partial charge < -0.3 is 9.47 Å². The zero-order chi connectivity index (χ0) is 20.6. The standard InChI is InChI=1S/C25H45N2O2/c1-20(2)17-28-24-11-7-5-9-22(24)15-26-13-14-27(19-26)16-23-10-6-8-12-25(23)29-18-21(3)4/h13-14,19-25H,5-12,15-18H2,1-4H3/q+1. The van der Waals surface area contributed by atoms with E-state index in [0.717, 1.165) is 26.3 Å². The van der Waals surface area contributed by atoms with Crippen LogP contribution in [0.15, 0.2) is 18.7 Å². The van der Waals surface area contributed by atoms with Crippen LogP contribution in [0.4, 0.5) is 0 Å². The number of hydrogen-bond acceptors (Lipinski definition) is 2. The molecule has 0 amide bonds. The summed E-state index contributed by atoms with van der Waals surface area (Å²) in [6.45, 7) is 13.0. The fourth-order valence-electron chi connectivity index (χ4n) is 5.03. The molecule has 2 saturated carbocycles. The maximum absolute atomic E-state index is 6.28. The van der Waals surface area contributed by atoms with Crippen LogP contribution >= 0.6 is 0 Å². The predicted octanol–water partition coefficient (Wildman–Crippen LogP) is 5.24. The normalized spacial score (nSPS) is 28.3. The lowest BCUT2D eigenvalue weighted by atomic mass is 9.86. The molecule has 1 heterocycles. The first-order valence-electron chi connectivity index (χ1n) is 12.3. The van der Waals surface area contributed by atoms with Gasteiger partial charge in [0.25, 0.3) is 0 Å². The lowest BCUT2D eigenvalue weighted by Crippen LogP contribution is -2.42. The molecule has 0 aliphatic heterocycles. The van der Waals surface area contributed by atoms with Crippen molar-refractivity contribution < 1.29 is 14.0 Å². The second-order valence-electron chi connectivity index (χ2n) is 10.4. The van der Waals surface area contributed by atoms with Crippen molar-refractivity contribution in [1.82, 2.24) is 4.57 Å². The second-order valence-corrected chi connectivity index (χ2v) is 10.4. The van der Waals surface area contributed by atoms with Crippen molar-refractivity contribution in [2.45, 2.75) is 104 Å². The summed E-state index contributed by atoms with van der Waals surface area (Å²) < 4.78 is 17.4. The first-order valence-corrected chi connectivity index (χ1v) is 12.3. The van der Waals surface area contributed by atoms with E-state index in [1.807, 2.05) is 0 Å². The van der Waals surface area contributed by atoms with Gasteiger partial charge in [-0.25, -0.2) is 9.13 Å². The number of rotatable bonds is 10. The fourth-order valence-corrected chi connectivity index (χ4v) is 5.03. The summed E-state index contributed by atoms with van der Waals surface area (Å²) in [5.41, 5.74) is 0. The summed E-state index contributed by atoms with van der Waals surface area (Å²) in [7, 11) is 0. The van der Waals surface area contributed by atoms with E-state index in [0.29, 0.717) is 35.9 Å². The van der Waals surface area contributed by atoms with E-state index in [4.69, 9.17) is 9.47 Å². The highest BCUT2D eigenvalue weighted by Crippen LogP contribution is 2.29. The van der Waals surface area contributed by atoms with Gasteiger partial charge in [0.1, 0.15) is 12.4 Å². The second kappa shape index (κ2) is 11.5. The minimum Gasteiger partial charge on any atom is -0.378 e. The van der Waals surface area contributed by atoms with E-state index in [1.165, 1.54) is 51.4 Å². The van der Waals surface area contributed by atoms with Crippen molar-refractivity contribution in [1.29, 1.82) is 0 Å². The summed E-state index contributed by atoms with van der Waals surface area (Å²) in [5.74, 6) is 2.54. The van der Waals surface area contributed by atoms with E-state index < -0.39 is 0 Å². The van der Waals surface area contributed by atoms with Crippen molar-refractivity contribution in [2.24, 2.45) is 23.7 Å². The number of ether oxygens (including phenoxy) is 2. The number of aromatic nitrogens is 2. The molecule has 0 radical (unpaired) electrons. The number of hydrogen-bond donors (Lipinski definition) is 0. The third-order valence-corrected chi connectivity index (χ3v) is 6.60. The van der Waals surface area contributed by atoms with Gasteiger partial charge in [-0.3, -0.25) is 0 Å². The molecular formula is C25H45N2O2+. The van der Waals surface area contributed by atoms with Crippen LogP contribution in [0.1, 0.15) is 79.1 Å². The van der Waals surface area contributed by atoms with Crippen LogP contribution in [0.5, 0.6) is 0 Å². The van der Waals surface area contributed by atoms with Crippen LogP contribution in [0.25, 0.3) is 0 Å². The van der Waals surface area contributed by atoms with Crippen LogP contribution in [0.3, 0.4) is 0 Å². The molecule has 2 fully saturated rings. The minimum atomic E-state index is 0.439. The topological polar surface area (TPSA) is 27.3 Å². The minimum absolute atomic E-state index is 0.439. The molecule has 29 heavy (non-hydrogen) atoms. The number of nitrogens with zero attached hydrogens (tertiary/aromatic N) is 2. The molecule has 2 aliphatic rings. The zero-order valence-corrected chi connectivity index (χ0v) is 19.4. The van der Waals surface area contributed by atoms with E-state index in [9.17, 15) is 0 Å². The monoisotopic (exact) mass is 405 g/mol. The Balaban J connectivity index is 1.53. The molecule has 4 atom stereocenters. The summed E-state index contributed by atoms with van der Waals surface area (Å²) in [4.78, 5) is 0. The van der Waals surface area contributed by atoms with Crippen LogP contribution in [0, 0.1) is 23.7 Å². The molecular weight excluding hydrogens is 360 g/mol. The molecule has 4 nitrogen and oxygen atoms in total. The first-order chi connectivity index (χ1) is 14.0. The molecule has 0 bridgehead atoms. The van der Waals surface area contributed by atoms with Crippen LogP contribution in [0.2, 0.25) is 0 Å². The van der Waals surface area contributed by atoms with Crippen LogP contribution in [-0.2, 0) is 22.6 Å². The molecule has 1 aromatic heterocycles. The van der Waals surface area contributed by atoms with Gasteiger partial charge in [0.05, 0.1) is 25.3 Å². The highest BCUT2D eigenvalue weighted by Gasteiger charge is 2.30. The van der Waals surface area contributed by atoms with Crippen molar-refractivity contribution in [3.63, 3.8) is 0 Å². The Hall–Kier alpha value is -0.870. The Morgan fingerprint density at radius 1 is 0.828 bits per heavy atom. The lowest BCUT2D eigenvalue weighted by Gasteiger charge is -2.31. The summed E-state index contributed by atoms with van der Waals surface area (Å²) in [5, 5.41) is 0. The largest absolute Gasteiger partial charge is 0.378 e. The van der Waals surface area contributed by atoms with Gasteiger partial charge in [-0.2, -0.15) is 0 Å². The Labute approximate surface area is 179 Å². The van der Waals surface area contributed by atoms with Crippen LogP contribution < -0.4 is 4.57 Å². The van der Waals surface area contributed by atoms with Gasteiger partial charge in [-0.1, -0.05) is 53.4 Å². The van der Waals surface area contributed by atoms with Crippen molar-refractivity contribution >= 4 is 0 Å². The number of imidazole rings is 1. The van der Waals surface area contributed by atoms with Gasteiger partial charge in [-0.15, -0.1) is 0 Å². The quantitative estimate of drug-likeness (QED) is 0.498. The third-order valence-electron chi connectivity index (χ3n) is 6.60. The smallest absolute Gasteiger partial charge is 0.243 e. The average Bonchev–Trinajstić information content (AvgIpc) is 3.13. The maximum atomic E-state index is 6.28. The lowest BCUT2D eigenvalue weighted by molar-refractivity contribution is -0.704. The molecule has 0 saturated heterocycles. The summed E-state index contributed by atoms with van der Waals surface area (Å²) in [6, 6.07) is 0. The molecule has 0 spiro atoms. The Bertz CT molecular complexity index is 535. The van der Waals surface area contributed by atoms with E-state index in [1.54, 1.807) is 0 Å². The van der Waals surface area contributed by atoms with Gasteiger partial charge in [0, 0.05) is 25.0 Å². The molecule has 0 aromatic carbocycles. The SMILES string of the molecule is CC(C)COC1CCCCC1Cn1cc[n+](CC2CCCCC2OCC(C)C)c1. The molecule has 2 aliphatic carbocycles. The first kappa shape index (κ1) is 22.8. The Kier molecular flexibility index (Phi) is 9.05. The summed E-state index contributed by atoms with van der Waals surface area (Å²) in [6.07, 6.45) is 18.1. The van der Waals surface area contributed by atoms with Crippen molar-refractivity contribution in [2.75, 3.05) is 13.2 Å². The van der Waals surface area contributed by atoms with Crippen LogP contribution in [-0.4, -0.2) is 30.0 Å². The van der Waals surface area contributed by atoms with Gasteiger partial charge >= 0.3 is 0 Å². The van der Waals surface area contributed by atoms with Gasteiger partial charge in [0.15, 0.2) is 0 Å². The van der Waals surface area contributed by atoms with Crippen molar-refractivity contribution in [3.05, 3.63) is 18.7 Å². The predicted molar refractivity (Wildman–Crippen MR) is 118 cm³/mol. The van der Waals surface area contributed by atoms with Gasteiger partial charge in [-0.05, 0) is 37.5 Å². The maximum Gasteiger partial charge on any atom is 0.243 e. The zero-order valence-electron chi connectivity index (χ0n) is 19.4. The van der Waals surface area contributed by atoms with E-state index >= 15 is 0 Å². The molecule has 4 heteroatoms. The highest BCUT2D eigenvalue weighted by molar-refractivity contribution is 4.80. The van der Waals surface area contributed by atoms with E-state index in [2.05, 4.69) is 55.6 Å². The Morgan fingerprint density at radius 2 is 1.38 bits per heavy atom. The van der Waals surface area contributed by atoms with E-state index in [-0.39, 0.29) is 0 Å². The van der Waals surface area contributed by atoms with Crippen molar-refractivity contribution in [3.8, 4) is 0 Å².